The Morgan fingerprint density at radius 1 is 0.750 bits per heavy atom. The molecule has 0 aromatic rings. The number of carbonyl (C=O) groups is 2. The molecule has 3 nitrogen and oxygen atoms in total. The van der Waals surface area contributed by atoms with Crippen LogP contribution in [0, 0.1) is 0 Å². The zero-order chi connectivity index (χ0) is 18.5. The van der Waals surface area contributed by atoms with Crippen molar-refractivity contribution in [3.63, 3.8) is 0 Å². The molecule has 3 heteroatoms. The van der Waals surface area contributed by atoms with E-state index in [1.807, 2.05) is 33.8 Å². The van der Waals surface area contributed by atoms with E-state index in [1.54, 1.807) is 0 Å². The van der Waals surface area contributed by atoms with Gasteiger partial charge in [-0.15, -0.1) is 0 Å². The quantitative estimate of drug-likeness (QED) is 0.230. The third kappa shape index (κ3) is 12.6. The summed E-state index contributed by atoms with van der Waals surface area (Å²) < 4.78 is 5.01. The van der Waals surface area contributed by atoms with Gasteiger partial charge in [0.05, 0.1) is 0 Å². The van der Waals surface area contributed by atoms with Crippen LogP contribution in [0.1, 0.15) is 67.2 Å². The number of ketones is 1. The maximum absolute atomic E-state index is 11.8. The van der Waals surface area contributed by atoms with E-state index in [4.69, 9.17) is 4.74 Å². The van der Waals surface area contributed by atoms with Gasteiger partial charge in [-0.2, -0.15) is 0 Å². The Morgan fingerprint density at radius 2 is 1.25 bits per heavy atom. The molecule has 0 saturated carbocycles. The summed E-state index contributed by atoms with van der Waals surface area (Å²) >= 11 is 0. The fourth-order valence-electron chi connectivity index (χ4n) is 1.96. The Hall–Kier alpha value is -1.90. The van der Waals surface area contributed by atoms with Crippen molar-refractivity contribution in [2.45, 2.75) is 67.2 Å². The zero-order valence-corrected chi connectivity index (χ0v) is 16.1. The molecule has 0 heterocycles. The molecule has 0 saturated heterocycles. The van der Waals surface area contributed by atoms with Gasteiger partial charge in [-0.1, -0.05) is 34.4 Å². The summed E-state index contributed by atoms with van der Waals surface area (Å²) in [4.78, 5) is 23.5. The van der Waals surface area contributed by atoms with E-state index >= 15 is 0 Å². The minimum absolute atomic E-state index is 0.149. The first-order valence-corrected chi connectivity index (χ1v) is 8.53. The van der Waals surface area contributed by atoms with Crippen LogP contribution in [0.25, 0.3) is 0 Å². The molecule has 24 heavy (non-hydrogen) atoms. The predicted molar refractivity (Wildman–Crippen MR) is 101 cm³/mol. The first-order chi connectivity index (χ1) is 11.2. The summed E-state index contributed by atoms with van der Waals surface area (Å²) in [6.07, 6.45) is 11.1. The lowest BCUT2D eigenvalue weighted by Crippen LogP contribution is -2.15. The number of hydrogen-bond acceptors (Lipinski definition) is 3. The van der Waals surface area contributed by atoms with Gasteiger partial charge in [0, 0.05) is 0 Å². The van der Waals surface area contributed by atoms with Gasteiger partial charge in [-0.3, -0.25) is 4.79 Å². The first kappa shape index (κ1) is 22.1. The maximum Gasteiger partial charge on any atom is 0.379 e. The summed E-state index contributed by atoms with van der Waals surface area (Å²) in [6.45, 7) is 12.2. The highest BCUT2D eigenvalue weighted by molar-refractivity contribution is 6.38. The van der Waals surface area contributed by atoms with Gasteiger partial charge in [-0.25, -0.2) is 4.79 Å². The predicted octanol–water partition coefficient (Wildman–Crippen LogP) is 5.48. The van der Waals surface area contributed by atoms with E-state index in [2.05, 4.69) is 26.0 Å². The summed E-state index contributed by atoms with van der Waals surface area (Å²) in [5.41, 5.74) is 4.59. The molecule has 0 fully saturated rings. The molecule has 0 aliphatic carbocycles. The number of allylic oxidation sites excluding steroid dienone is 6. The van der Waals surface area contributed by atoms with Crippen molar-refractivity contribution in [1.29, 1.82) is 0 Å². The Kier molecular flexibility index (Phi) is 11.5. The normalized spacial score (nSPS) is 11.8. The second-order valence-corrected chi connectivity index (χ2v) is 6.64. The lowest BCUT2D eigenvalue weighted by Gasteiger charge is -2.02. The molecule has 0 N–H and O–H groups in total. The Labute approximate surface area is 147 Å². The van der Waals surface area contributed by atoms with E-state index in [9.17, 15) is 9.59 Å². The van der Waals surface area contributed by atoms with E-state index in [0.717, 1.165) is 36.8 Å². The summed E-state index contributed by atoms with van der Waals surface area (Å²) in [5.74, 6) is -1.37. The van der Waals surface area contributed by atoms with Crippen molar-refractivity contribution < 1.29 is 14.3 Å². The maximum atomic E-state index is 11.8. The van der Waals surface area contributed by atoms with Crippen LogP contribution in [-0.4, -0.2) is 18.4 Å². The minimum atomic E-state index is -0.787. The van der Waals surface area contributed by atoms with Crippen molar-refractivity contribution in [3.8, 4) is 0 Å². The van der Waals surface area contributed by atoms with E-state index in [-0.39, 0.29) is 6.61 Å². The fraction of sp³-hybridized carbons (Fsp3) is 0.524. The summed E-state index contributed by atoms with van der Waals surface area (Å²) in [5, 5.41) is 0. The third-order valence-corrected chi connectivity index (χ3v) is 3.41. The molecular weight excluding hydrogens is 300 g/mol. The van der Waals surface area contributed by atoms with Crippen LogP contribution < -0.4 is 0 Å². The van der Waals surface area contributed by atoms with Crippen LogP contribution in [-0.2, 0) is 14.3 Å². The van der Waals surface area contributed by atoms with Crippen molar-refractivity contribution in [2.24, 2.45) is 0 Å². The van der Waals surface area contributed by atoms with Crippen LogP contribution in [0.3, 0.4) is 0 Å². The van der Waals surface area contributed by atoms with E-state index in [0.29, 0.717) is 0 Å². The number of rotatable bonds is 10. The third-order valence-electron chi connectivity index (χ3n) is 3.41. The topological polar surface area (TPSA) is 43.4 Å². The van der Waals surface area contributed by atoms with Crippen molar-refractivity contribution >= 4 is 11.8 Å². The van der Waals surface area contributed by atoms with Crippen LogP contribution in [0.4, 0.5) is 0 Å². The average molecular weight is 332 g/mol. The standard InChI is InChI=1S/C21H32O3/c1-16(2)9-7-11-18(5)13-14-24-21(23)20(22)15-19(6)12-8-10-17(3)4/h9-10,13,15H,7-8,11-12,14H2,1-6H3/b18-13+,19-15+. The monoisotopic (exact) mass is 332 g/mol. The highest BCUT2D eigenvalue weighted by Crippen LogP contribution is 2.08. The largest absolute Gasteiger partial charge is 0.455 e. The molecule has 134 valence electrons. The lowest BCUT2D eigenvalue weighted by molar-refractivity contribution is -0.150. The second kappa shape index (κ2) is 12.5. The molecular formula is C21H32O3. The molecule has 0 radical (unpaired) electrons. The van der Waals surface area contributed by atoms with Gasteiger partial charge in [0.2, 0.25) is 0 Å². The van der Waals surface area contributed by atoms with Crippen LogP contribution in [0.15, 0.2) is 46.6 Å². The average Bonchev–Trinajstić information content (AvgIpc) is 2.46. The molecule has 0 bridgehead atoms. The zero-order valence-electron chi connectivity index (χ0n) is 16.1. The molecule has 0 spiro atoms. The van der Waals surface area contributed by atoms with Gasteiger partial charge in [0.25, 0.3) is 5.78 Å². The van der Waals surface area contributed by atoms with Crippen LogP contribution in [0.2, 0.25) is 0 Å². The number of hydrogen-bond donors (Lipinski definition) is 0. The van der Waals surface area contributed by atoms with Crippen molar-refractivity contribution in [2.75, 3.05) is 6.61 Å². The van der Waals surface area contributed by atoms with E-state index in [1.165, 1.54) is 17.2 Å². The number of carbonyl (C=O) groups excluding carboxylic acids is 2. The molecule has 0 aromatic heterocycles. The van der Waals surface area contributed by atoms with Gasteiger partial charge in [-0.05, 0) is 79.4 Å². The van der Waals surface area contributed by atoms with Gasteiger partial charge < -0.3 is 4.74 Å². The number of esters is 1. The second-order valence-electron chi connectivity index (χ2n) is 6.64. The van der Waals surface area contributed by atoms with Gasteiger partial charge in [0.15, 0.2) is 0 Å². The Balaban J connectivity index is 4.24. The van der Waals surface area contributed by atoms with Gasteiger partial charge in [0.1, 0.15) is 6.61 Å². The summed E-state index contributed by atoms with van der Waals surface area (Å²) in [6, 6.07) is 0. The molecule has 0 aromatic carbocycles. The van der Waals surface area contributed by atoms with Crippen molar-refractivity contribution in [1.82, 2.24) is 0 Å². The highest BCUT2D eigenvalue weighted by Gasteiger charge is 2.12. The highest BCUT2D eigenvalue weighted by atomic mass is 16.5. The molecule has 0 rings (SSSR count). The molecule has 0 atom stereocenters. The van der Waals surface area contributed by atoms with Crippen LogP contribution in [0.5, 0.6) is 0 Å². The fourth-order valence-corrected chi connectivity index (χ4v) is 1.96. The summed E-state index contributed by atoms with van der Waals surface area (Å²) in [7, 11) is 0. The molecule has 0 unspecified atom stereocenters. The Bertz CT molecular complexity index is 537. The Morgan fingerprint density at radius 3 is 1.75 bits per heavy atom. The molecule has 0 amide bonds. The smallest absolute Gasteiger partial charge is 0.379 e. The van der Waals surface area contributed by atoms with Crippen LogP contribution >= 0.6 is 0 Å². The lowest BCUT2D eigenvalue weighted by atomic mass is 10.1. The van der Waals surface area contributed by atoms with Crippen molar-refractivity contribution in [3.05, 3.63) is 46.6 Å². The van der Waals surface area contributed by atoms with E-state index < -0.39 is 11.8 Å². The van der Waals surface area contributed by atoms with Gasteiger partial charge >= 0.3 is 5.97 Å². The SMILES string of the molecule is CC(C)=CCC/C(C)=C/COC(=O)C(=O)/C=C(\C)CCC=C(C)C. The first-order valence-electron chi connectivity index (χ1n) is 8.53. The molecule has 0 aliphatic rings. The minimum Gasteiger partial charge on any atom is -0.455 e. The molecule has 0 aliphatic heterocycles. The number of ether oxygens (including phenoxy) is 1.